The largest absolute Gasteiger partial charge is 0.345 e. The third kappa shape index (κ3) is 5.00. The van der Waals surface area contributed by atoms with Crippen LogP contribution in [0.25, 0.3) is 5.69 Å². The summed E-state index contributed by atoms with van der Waals surface area (Å²) in [5, 5.41) is 7.33. The first-order valence-electron chi connectivity index (χ1n) is 10.1. The number of benzene rings is 3. The van der Waals surface area contributed by atoms with Crippen LogP contribution in [0, 0.1) is 0 Å². The number of nitrogens with zero attached hydrogens (tertiary/aromatic N) is 3. The van der Waals surface area contributed by atoms with Crippen molar-refractivity contribution in [3.63, 3.8) is 0 Å². The van der Waals surface area contributed by atoms with Gasteiger partial charge in [-0.25, -0.2) is 9.67 Å². The number of hydrogen-bond donors (Lipinski definition) is 1. The Labute approximate surface area is 176 Å². The summed E-state index contributed by atoms with van der Waals surface area (Å²) in [5.74, 6) is -0.0753. The first-order chi connectivity index (χ1) is 14.8. The molecule has 1 aromatic heterocycles. The molecule has 30 heavy (non-hydrogen) atoms. The van der Waals surface area contributed by atoms with Gasteiger partial charge in [-0.1, -0.05) is 60.7 Å². The predicted octanol–water partition coefficient (Wildman–Crippen LogP) is 4.76. The standard InChI is InChI=1S/C25H24N4O/c30-25(22-14-16-23(17-15-22)29-19-26-18-27-29)28-24(21-11-5-2-6-12-21)13-7-10-20-8-3-1-4-9-20/h1-6,8-9,11-12,14-19,24H,7,10,13H2,(H,28,30). The third-order valence-corrected chi connectivity index (χ3v) is 5.12. The maximum Gasteiger partial charge on any atom is 0.251 e. The molecule has 0 aliphatic heterocycles. The molecule has 1 heterocycles. The molecular weight excluding hydrogens is 372 g/mol. The number of aromatic nitrogens is 3. The lowest BCUT2D eigenvalue weighted by Gasteiger charge is -2.19. The lowest BCUT2D eigenvalue weighted by molar-refractivity contribution is 0.0934. The molecule has 0 saturated carbocycles. The summed E-state index contributed by atoms with van der Waals surface area (Å²) in [4.78, 5) is 16.9. The number of rotatable bonds is 8. The normalized spacial score (nSPS) is 11.7. The van der Waals surface area contributed by atoms with Gasteiger partial charge in [0.25, 0.3) is 5.91 Å². The van der Waals surface area contributed by atoms with Gasteiger partial charge in [0, 0.05) is 5.56 Å². The lowest BCUT2D eigenvalue weighted by Crippen LogP contribution is -2.28. The molecule has 1 amide bonds. The molecule has 1 atom stereocenters. The predicted molar refractivity (Wildman–Crippen MR) is 117 cm³/mol. The fraction of sp³-hybridized carbons (Fsp3) is 0.160. The topological polar surface area (TPSA) is 59.8 Å². The van der Waals surface area contributed by atoms with E-state index >= 15 is 0 Å². The van der Waals surface area contributed by atoms with Gasteiger partial charge >= 0.3 is 0 Å². The van der Waals surface area contributed by atoms with Gasteiger partial charge < -0.3 is 5.32 Å². The van der Waals surface area contributed by atoms with E-state index in [4.69, 9.17) is 0 Å². The maximum absolute atomic E-state index is 12.9. The van der Waals surface area contributed by atoms with Crippen LogP contribution in [0.2, 0.25) is 0 Å². The Morgan fingerprint density at radius 1 is 0.900 bits per heavy atom. The highest BCUT2D eigenvalue weighted by molar-refractivity contribution is 5.94. The second-order valence-electron chi connectivity index (χ2n) is 7.20. The van der Waals surface area contributed by atoms with Gasteiger partial charge in [-0.15, -0.1) is 0 Å². The van der Waals surface area contributed by atoms with Crippen LogP contribution in [-0.4, -0.2) is 20.7 Å². The van der Waals surface area contributed by atoms with E-state index in [9.17, 15) is 4.79 Å². The molecule has 0 bridgehead atoms. The molecule has 0 aliphatic rings. The second kappa shape index (κ2) is 9.65. The lowest BCUT2D eigenvalue weighted by atomic mass is 9.98. The zero-order valence-electron chi connectivity index (χ0n) is 16.7. The Kier molecular flexibility index (Phi) is 6.30. The van der Waals surface area contributed by atoms with Crippen molar-refractivity contribution < 1.29 is 4.79 Å². The summed E-state index contributed by atoms with van der Waals surface area (Å²) < 4.78 is 1.66. The number of aryl methyl sites for hydroxylation is 1. The number of carbonyl (C=O) groups excluding carboxylic acids is 1. The molecular formula is C25H24N4O. The first-order valence-corrected chi connectivity index (χ1v) is 10.1. The van der Waals surface area contributed by atoms with Crippen LogP contribution in [-0.2, 0) is 6.42 Å². The number of amides is 1. The van der Waals surface area contributed by atoms with E-state index in [-0.39, 0.29) is 11.9 Å². The van der Waals surface area contributed by atoms with Crippen LogP contribution in [0.1, 0.15) is 40.4 Å². The quantitative estimate of drug-likeness (QED) is 0.467. The molecule has 1 N–H and O–H groups in total. The fourth-order valence-electron chi connectivity index (χ4n) is 3.51. The van der Waals surface area contributed by atoms with Gasteiger partial charge in [0.05, 0.1) is 11.7 Å². The molecule has 0 radical (unpaired) electrons. The van der Waals surface area contributed by atoms with E-state index in [0.29, 0.717) is 5.56 Å². The van der Waals surface area contributed by atoms with E-state index in [0.717, 1.165) is 30.5 Å². The van der Waals surface area contributed by atoms with Crippen LogP contribution in [0.5, 0.6) is 0 Å². The van der Waals surface area contributed by atoms with Crippen molar-refractivity contribution in [2.24, 2.45) is 0 Å². The molecule has 3 aromatic carbocycles. The van der Waals surface area contributed by atoms with Gasteiger partial charge in [-0.2, -0.15) is 5.10 Å². The molecule has 4 rings (SSSR count). The van der Waals surface area contributed by atoms with Gasteiger partial charge in [-0.3, -0.25) is 4.79 Å². The SMILES string of the molecule is O=C(NC(CCCc1ccccc1)c1ccccc1)c1ccc(-n2cncn2)cc1. The molecule has 5 heteroatoms. The smallest absolute Gasteiger partial charge is 0.251 e. The molecule has 0 spiro atoms. The summed E-state index contributed by atoms with van der Waals surface area (Å²) in [5.41, 5.74) is 3.94. The molecule has 0 aliphatic carbocycles. The van der Waals surface area contributed by atoms with Crippen molar-refractivity contribution in [1.29, 1.82) is 0 Å². The monoisotopic (exact) mass is 396 g/mol. The Morgan fingerprint density at radius 3 is 2.27 bits per heavy atom. The number of nitrogens with one attached hydrogen (secondary N) is 1. The highest BCUT2D eigenvalue weighted by atomic mass is 16.1. The zero-order valence-corrected chi connectivity index (χ0v) is 16.7. The van der Waals surface area contributed by atoms with Crippen molar-refractivity contribution in [2.75, 3.05) is 0 Å². The molecule has 5 nitrogen and oxygen atoms in total. The van der Waals surface area contributed by atoms with Crippen LogP contribution in [0.3, 0.4) is 0 Å². The molecule has 1 unspecified atom stereocenters. The van der Waals surface area contributed by atoms with Gasteiger partial charge in [0.2, 0.25) is 0 Å². The fourth-order valence-corrected chi connectivity index (χ4v) is 3.51. The Balaban J connectivity index is 1.43. The minimum atomic E-state index is -0.0753. The van der Waals surface area contributed by atoms with Crippen molar-refractivity contribution in [3.05, 3.63) is 114 Å². The summed E-state index contributed by atoms with van der Waals surface area (Å²) >= 11 is 0. The Hall–Kier alpha value is -3.73. The van der Waals surface area contributed by atoms with Crippen LogP contribution >= 0.6 is 0 Å². The summed E-state index contributed by atoms with van der Waals surface area (Å²) in [6.45, 7) is 0. The first kappa shape index (κ1) is 19.6. The molecule has 4 aromatic rings. The van der Waals surface area contributed by atoms with E-state index < -0.39 is 0 Å². The van der Waals surface area contributed by atoms with E-state index in [2.05, 4.69) is 51.8 Å². The maximum atomic E-state index is 12.9. The zero-order chi connectivity index (χ0) is 20.6. The van der Waals surface area contributed by atoms with Crippen molar-refractivity contribution in [2.45, 2.75) is 25.3 Å². The number of hydrogen-bond acceptors (Lipinski definition) is 3. The Bertz CT molecular complexity index is 1050. The molecule has 150 valence electrons. The highest BCUT2D eigenvalue weighted by Crippen LogP contribution is 2.21. The van der Waals surface area contributed by atoms with Crippen molar-refractivity contribution in [3.8, 4) is 5.69 Å². The van der Waals surface area contributed by atoms with E-state index in [1.807, 2.05) is 48.5 Å². The summed E-state index contributed by atoms with van der Waals surface area (Å²) in [7, 11) is 0. The Morgan fingerprint density at radius 2 is 1.60 bits per heavy atom. The van der Waals surface area contributed by atoms with Crippen LogP contribution in [0.4, 0.5) is 0 Å². The second-order valence-corrected chi connectivity index (χ2v) is 7.20. The summed E-state index contributed by atoms with van der Waals surface area (Å²) in [6, 6.07) is 28.0. The minimum Gasteiger partial charge on any atom is -0.345 e. The van der Waals surface area contributed by atoms with Gasteiger partial charge in [0.1, 0.15) is 12.7 Å². The van der Waals surface area contributed by atoms with Crippen LogP contribution in [0.15, 0.2) is 97.6 Å². The minimum absolute atomic E-state index is 0.0302. The van der Waals surface area contributed by atoms with Gasteiger partial charge in [-0.05, 0) is 54.7 Å². The highest BCUT2D eigenvalue weighted by Gasteiger charge is 2.16. The van der Waals surface area contributed by atoms with Crippen molar-refractivity contribution >= 4 is 5.91 Å². The van der Waals surface area contributed by atoms with E-state index in [1.165, 1.54) is 11.9 Å². The average molecular weight is 396 g/mol. The number of carbonyl (C=O) groups is 1. The summed E-state index contributed by atoms with van der Waals surface area (Å²) in [6.07, 6.45) is 5.98. The third-order valence-electron chi connectivity index (χ3n) is 5.12. The molecule has 0 saturated heterocycles. The van der Waals surface area contributed by atoms with Crippen molar-refractivity contribution in [1.82, 2.24) is 20.1 Å². The van der Waals surface area contributed by atoms with Crippen LogP contribution < -0.4 is 5.32 Å². The van der Waals surface area contributed by atoms with E-state index in [1.54, 1.807) is 11.0 Å². The molecule has 0 fully saturated rings. The average Bonchev–Trinajstić information content (AvgIpc) is 3.35. The van der Waals surface area contributed by atoms with Gasteiger partial charge in [0.15, 0.2) is 0 Å².